The van der Waals surface area contributed by atoms with Gasteiger partial charge in [0.1, 0.15) is 17.5 Å². The number of hydrogen-bond donors (Lipinski definition) is 1. The van der Waals surface area contributed by atoms with Crippen LogP contribution in [0.1, 0.15) is 17.2 Å². The van der Waals surface area contributed by atoms with Crippen molar-refractivity contribution < 1.29 is 13.2 Å². The maximum Gasteiger partial charge on any atom is 0.137 e. The smallest absolute Gasteiger partial charge is 0.137 e. The Bertz CT molecular complexity index is 581. The SMILES string of the molecule is CNC(c1cc(F)cc(F)c1)c1ccc(Br)c(F)c1. The van der Waals surface area contributed by atoms with Gasteiger partial charge in [0.05, 0.1) is 10.5 Å². The topological polar surface area (TPSA) is 12.0 Å². The van der Waals surface area contributed by atoms with Gasteiger partial charge in [-0.15, -0.1) is 0 Å². The molecule has 2 aromatic carbocycles. The average molecular weight is 330 g/mol. The molecule has 1 nitrogen and oxygen atoms in total. The molecular weight excluding hydrogens is 319 g/mol. The van der Waals surface area contributed by atoms with Gasteiger partial charge in [0.2, 0.25) is 0 Å². The predicted octanol–water partition coefficient (Wildman–Crippen LogP) is 4.18. The molecule has 100 valence electrons. The molecule has 1 N–H and O–H groups in total. The maximum absolute atomic E-state index is 13.5. The van der Waals surface area contributed by atoms with Crippen LogP contribution in [0.3, 0.4) is 0 Å². The first-order chi connectivity index (χ1) is 9.01. The van der Waals surface area contributed by atoms with Crippen LogP contribution in [0.5, 0.6) is 0 Å². The van der Waals surface area contributed by atoms with E-state index in [-0.39, 0.29) is 0 Å². The lowest BCUT2D eigenvalue weighted by molar-refractivity contribution is 0.570. The first-order valence-corrected chi connectivity index (χ1v) is 6.39. The highest BCUT2D eigenvalue weighted by molar-refractivity contribution is 9.10. The van der Waals surface area contributed by atoms with Crippen molar-refractivity contribution in [3.63, 3.8) is 0 Å². The molecule has 0 bridgehead atoms. The molecule has 0 saturated carbocycles. The number of benzene rings is 2. The molecule has 1 unspecified atom stereocenters. The summed E-state index contributed by atoms with van der Waals surface area (Å²) in [4.78, 5) is 0. The zero-order valence-electron chi connectivity index (χ0n) is 10.1. The summed E-state index contributed by atoms with van der Waals surface area (Å²) in [6.07, 6.45) is 0. The fourth-order valence-electron chi connectivity index (χ4n) is 1.96. The van der Waals surface area contributed by atoms with E-state index in [1.54, 1.807) is 19.2 Å². The molecule has 1 atom stereocenters. The van der Waals surface area contributed by atoms with Gasteiger partial charge in [-0.1, -0.05) is 6.07 Å². The van der Waals surface area contributed by atoms with Gasteiger partial charge in [-0.3, -0.25) is 0 Å². The normalized spacial score (nSPS) is 12.5. The van der Waals surface area contributed by atoms with Gasteiger partial charge in [0.15, 0.2) is 0 Å². The van der Waals surface area contributed by atoms with E-state index in [1.807, 2.05) is 0 Å². The number of rotatable bonds is 3. The molecule has 0 aromatic heterocycles. The number of hydrogen-bond acceptors (Lipinski definition) is 1. The van der Waals surface area contributed by atoms with E-state index in [9.17, 15) is 13.2 Å². The monoisotopic (exact) mass is 329 g/mol. The van der Waals surface area contributed by atoms with Crippen LogP contribution in [-0.2, 0) is 0 Å². The Hall–Kier alpha value is -1.33. The van der Waals surface area contributed by atoms with Gasteiger partial charge in [0.25, 0.3) is 0 Å². The van der Waals surface area contributed by atoms with Gasteiger partial charge in [-0.25, -0.2) is 13.2 Å². The second kappa shape index (κ2) is 5.75. The van der Waals surface area contributed by atoms with Crippen LogP contribution in [0.4, 0.5) is 13.2 Å². The zero-order valence-corrected chi connectivity index (χ0v) is 11.6. The van der Waals surface area contributed by atoms with Crippen molar-refractivity contribution in [1.82, 2.24) is 5.32 Å². The van der Waals surface area contributed by atoms with Crippen molar-refractivity contribution in [3.8, 4) is 0 Å². The summed E-state index contributed by atoms with van der Waals surface area (Å²) in [7, 11) is 1.65. The van der Waals surface area contributed by atoms with Crippen LogP contribution < -0.4 is 5.32 Å². The molecule has 5 heteroatoms. The largest absolute Gasteiger partial charge is 0.309 e. The van der Waals surface area contributed by atoms with Crippen LogP contribution in [0.15, 0.2) is 40.9 Å². The molecule has 0 aliphatic rings. The third-order valence-electron chi connectivity index (χ3n) is 2.78. The maximum atomic E-state index is 13.5. The van der Waals surface area contributed by atoms with Crippen molar-refractivity contribution in [3.05, 3.63) is 69.4 Å². The minimum atomic E-state index is -0.659. The van der Waals surface area contributed by atoms with E-state index in [1.165, 1.54) is 18.2 Å². The van der Waals surface area contributed by atoms with E-state index in [4.69, 9.17) is 0 Å². The second-order valence-corrected chi connectivity index (χ2v) is 4.95. The highest BCUT2D eigenvalue weighted by Gasteiger charge is 2.15. The van der Waals surface area contributed by atoms with Gasteiger partial charge in [0, 0.05) is 6.07 Å². The summed E-state index contributed by atoms with van der Waals surface area (Å²) < 4.78 is 40.3. The molecule has 0 amide bonds. The van der Waals surface area contributed by atoms with Crippen LogP contribution in [0.25, 0.3) is 0 Å². The highest BCUT2D eigenvalue weighted by atomic mass is 79.9. The fourth-order valence-corrected chi connectivity index (χ4v) is 2.21. The molecule has 0 aliphatic heterocycles. The van der Waals surface area contributed by atoms with Gasteiger partial charge >= 0.3 is 0 Å². The van der Waals surface area contributed by atoms with E-state index >= 15 is 0 Å². The van der Waals surface area contributed by atoms with E-state index < -0.39 is 23.5 Å². The summed E-state index contributed by atoms with van der Waals surface area (Å²) in [5.41, 5.74) is 0.995. The van der Waals surface area contributed by atoms with Crippen molar-refractivity contribution in [1.29, 1.82) is 0 Å². The molecular formula is C14H11BrF3N. The Kier molecular flexibility index (Phi) is 4.27. The van der Waals surface area contributed by atoms with Crippen molar-refractivity contribution in [2.75, 3.05) is 7.05 Å². The molecule has 2 rings (SSSR count). The number of halogens is 4. The Balaban J connectivity index is 2.46. The minimum Gasteiger partial charge on any atom is -0.309 e. The molecule has 0 heterocycles. The molecule has 0 radical (unpaired) electrons. The summed E-state index contributed by atoms with van der Waals surface area (Å²) in [6, 6.07) is 7.36. The first kappa shape index (κ1) is 14.1. The van der Waals surface area contributed by atoms with Crippen LogP contribution in [0.2, 0.25) is 0 Å². The van der Waals surface area contributed by atoms with Gasteiger partial charge < -0.3 is 5.32 Å². The van der Waals surface area contributed by atoms with Gasteiger partial charge in [-0.05, 0) is 58.4 Å². The molecule has 0 spiro atoms. The summed E-state index contributed by atoms with van der Waals surface area (Å²) in [5.74, 6) is -1.74. The van der Waals surface area contributed by atoms with Crippen molar-refractivity contribution in [2.24, 2.45) is 0 Å². The molecule has 0 saturated heterocycles. The zero-order chi connectivity index (χ0) is 14.0. The van der Waals surface area contributed by atoms with Crippen molar-refractivity contribution in [2.45, 2.75) is 6.04 Å². The van der Waals surface area contributed by atoms with Crippen LogP contribution in [-0.4, -0.2) is 7.05 Å². The van der Waals surface area contributed by atoms with Crippen LogP contribution in [0, 0.1) is 17.5 Å². The lowest BCUT2D eigenvalue weighted by atomic mass is 9.98. The molecule has 19 heavy (non-hydrogen) atoms. The van der Waals surface area contributed by atoms with E-state index in [0.717, 1.165) is 6.07 Å². The standard InChI is InChI=1S/C14H11BrF3N/c1-19-14(8-2-3-12(15)13(18)6-8)9-4-10(16)7-11(17)5-9/h2-7,14,19H,1H3. The Morgan fingerprint density at radius 1 is 0.947 bits per heavy atom. The third kappa shape index (κ3) is 3.16. The quantitative estimate of drug-likeness (QED) is 0.890. The predicted molar refractivity (Wildman–Crippen MR) is 71.4 cm³/mol. The third-order valence-corrected chi connectivity index (χ3v) is 3.43. The average Bonchev–Trinajstić information content (AvgIpc) is 2.33. The van der Waals surface area contributed by atoms with E-state index in [2.05, 4.69) is 21.2 Å². The summed E-state index contributed by atoms with van der Waals surface area (Å²) in [6.45, 7) is 0. The second-order valence-electron chi connectivity index (χ2n) is 4.10. The number of nitrogens with one attached hydrogen (secondary N) is 1. The van der Waals surface area contributed by atoms with Crippen LogP contribution >= 0.6 is 15.9 Å². The summed E-state index contributed by atoms with van der Waals surface area (Å²) in [5, 5.41) is 2.92. The molecule has 0 fully saturated rings. The van der Waals surface area contributed by atoms with Crippen molar-refractivity contribution >= 4 is 15.9 Å². The van der Waals surface area contributed by atoms with Gasteiger partial charge in [-0.2, -0.15) is 0 Å². The lowest BCUT2D eigenvalue weighted by Gasteiger charge is -2.18. The lowest BCUT2D eigenvalue weighted by Crippen LogP contribution is -2.18. The highest BCUT2D eigenvalue weighted by Crippen LogP contribution is 2.26. The Morgan fingerprint density at radius 3 is 2.11 bits per heavy atom. The van der Waals surface area contributed by atoms with E-state index in [0.29, 0.717) is 15.6 Å². The molecule has 0 aliphatic carbocycles. The Morgan fingerprint density at radius 2 is 1.58 bits per heavy atom. The fraction of sp³-hybridized carbons (Fsp3) is 0.143. The molecule has 2 aromatic rings. The Labute approximate surface area is 117 Å². The first-order valence-electron chi connectivity index (χ1n) is 5.59. The minimum absolute atomic E-state index is 0.344. The summed E-state index contributed by atoms with van der Waals surface area (Å²) >= 11 is 3.06.